The summed E-state index contributed by atoms with van der Waals surface area (Å²) in [4.78, 5) is 29.5. The van der Waals surface area contributed by atoms with Gasteiger partial charge < -0.3 is 35.6 Å². The zero-order chi connectivity index (χ0) is 26.3. The van der Waals surface area contributed by atoms with Crippen LogP contribution in [0.3, 0.4) is 0 Å². The Labute approximate surface area is 214 Å². The fourth-order valence-electron chi connectivity index (χ4n) is 3.80. The number of anilines is 1. The van der Waals surface area contributed by atoms with E-state index >= 15 is 0 Å². The summed E-state index contributed by atoms with van der Waals surface area (Å²) in [6.07, 6.45) is 1.52. The molecule has 1 fully saturated rings. The lowest BCUT2D eigenvalue weighted by Crippen LogP contribution is -2.48. The van der Waals surface area contributed by atoms with Crippen LogP contribution >= 0.6 is 0 Å². The van der Waals surface area contributed by atoms with Gasteiger partial charge in [-0.25, -0.2) is 19.3 Å². The maximum atomic E-state index is 13.6. The van der Waals surface area contributed by atoms with Gasteiger partial charge in [0.05, 0.1) is 35.7 Å². The minimum atomic E-state index is -0.838. The van der Waals surface area contributed by atoms with Gasteiger partial charge in [0.2, 0.25) is 18.1 Å². The predicted molar refractivity (Wildman–Crippen MR) is 135 cm³/mol. The lowest BCUT2D eigenvalue weighted by Gasteiger charge is -2.35. The van der Waals surface area contributed by atoms with Gasteiger partial charge in [-0.2, -0.15) is 0 Å². The van der Waals surface area contributed by atoms with Crippen molar-refractivity contribution in [3.05, 3.63) is 48.2 Å². The molecule has 1 aliphatic heterocycles. The van der Waals surface area contributed by atoms with E-state index in [0.717, 1.165) is 6.42 Å². The normalized spacial score (nSPS) is 19.5. The van der Waals surface area contributed by atoms with Crippen molar-refractivity contribution in [1.29, 1.82) is 0 Å². The van der Waals surface area contributed by atoms with Gasteiger partial charge in [-0.3, -0.25) is 4.79 Å². The number of ether oxygens (including phenoxy) is 3. The van der Waals surface area contributed by atoms with Gasteiger partial charge in [-0.1, -0.05) is 0 Å². The number of rotatable bonds is 11. The van der Waals surface area contributed by atoms with Gasteiger partial charge in [-0.05, 0) is 43.7 Å². The van der Waals surface area contributed by atoms with Crippen molar-refractivity contribution < 1.29 is 23.4 Å². The SMILES string of the molecule is COCCCNC(=O)C1(C)COC(c2nc(-c3ccc(F)cc3)c(-c3ccnc(NCCN)n3)[nH]2)OC1. The van der Waals surface area contributed by atoms with Crippen molar-refractivity contribution in [2.24, 2.45) is 11.1 Å². The number of carbonyl (C=O) groups is 1. The lowest BCUT2D eigenvalue weighted by atomic mass is 9.91. The number of methoxy groups -OCH3 is 1. The third-order valence-corrected chi connectivity index (χ3v) is 5.87. The molecule has 5 N–H and O–H groups in total. The molecule has 1 saturated heterocycles. The van der Waals surface area contributed by atoms with Crippen molar-refractivity contribution in [2.75, 3.05) is 51.9 Å². The number of aromatic nitrogens is 4. The molecule has 4 rings (SSSR count). The first kappa shape index (κ1) is 26.6. The van der Waals surface area contributed by atoms with E-state index in [1.807, 2.05) is 0 Å². The monoisotopic (exact) mass is 513 g/mol. The number of aromatic amines is 1. The van der Waals surface area contributed by atoms with Crippen molar-refractivity contribution in [2.45, 2.75) is 19.6 Å². The van der Waals surface area contributed by atoms with E-state index in [0.29, 0.717) is 60.7 Å². The van der Waals surface area contributed by atoms with Crippen molar-refractivity contribution in [3.8, 4) is 22.6 Å². The van der Waals surface area contributed by atoms with E-state index in [1.165, 1.54) is 12.1 Å². The van der Waals surface area contributed by atoms with Gasteiger partial charge in [0.25, 0.3) is 0 Å². The average molecular weight is 514 g/mol. The number of hydrogen-bond donors (Lipinski definition) is 4. The molecule has 0 bridgehead atoms. The second-order valence-corrected chi connectivity index (χ2v) is 8.95. The van der Waals surface area contributed by atoms with Gasteiger partial charge >= 0.3 is 0 Å². The molecule has 0 saturated carbocycles. The quantitative estimate of drug-likeness (QED) is 0.283. The Morgan fingerprint density at radius 3 is 2.68 bits per heavy atom. The molecule has 1 aliphatic rings. The molecule has 37 heavy (non-hydrogen) atoms. The van der Waals surface area contributed by atoms with Crippen molar-refractivity contribution in [3.63, 3.8) is 0 Å². The molecule has 1 amide bonds. The number of nitrogens with two attached hydrogens (primary N) is 1. The Bertz CT molecular complexity index is 1180. The first-order chi connectivity index (χ1) is 17.9. The number of carbonyl (C=O) groups excluding carboxylic acids is 1. The minimum Gasteiger partial charge on any atom is -0.385 e. The Balaban J connectivity index is 1.56. The number of hydrogen-bond acceptors (Lipinski definition) is 9. The van der Waals surface area contributed by atoms with Crippen LogP contribution in [0.1, 0.15) is 25.5 Å². The largest absolute Gasteiger partial charge is 0.385 e. The van der Waals surface area contributed by atoms with E-state index in [2.05, 4.69) is 25.6 Å². The minimum absolute atomic E-state index is 0.146. The highest BCUT2D eigenvalue weighted by Crippen LogP contribution is 2.35. The summed E-state index contributed by atoms with van der Waals surface area (Å²) in [5.41, 5.74) is 7.14. The maximum Gasteiger partial charge on any atom is 0.230 e. The number of benzene rings is 1. The first-order valence-corrected chi connectivity index (χ1v) is 12.1. The molecule has 0 unspecified atom stereocenters. The van der Waals surface area contributed by atoms with Gasteiger partial charge in [0.1, 0.15) is 5.82 Å². The van der Waals surface area contributed by atoms with Crippen LogP contribution in [0.2, 0.25) is 0 Å². The highest BCUT2D eigenvalue weighted by atomic mass is 19.1. The molecule has 0 atom stereocenters. The first-order valence-electron chi connectivity index (χ1n) is 12.1. The molecule has 11 nitrogen and oxygen atoms in total. The Morgan fingerprint density at radius 2 is 1.97 bits per heavy atom. The molecule has 198 valence electrons. The number of imidazole rings is 1. The summed E-state index contributed by atoms with van der Waals surface area (Å²) < 4.78 is 30.5. The second kappa shape index (κ2) is 12.2. The average Bonchev–Trinajstić information content (AvgIpc) is 3.36. The Kier molecular flexibility index (Phi) is 8.77. The van der Waals surface area contributed by atoms with Gasteiger partial charge in [0.15, 0.2) is 5.82 Å². The second-order valence-electron chi connectivity index (χ2n) is 8.95. The van der Waals surface area contributed by atoms with E-state index in [1.54, 1.807) is 38.4 Å². The molecular formula is C25H32FN7O4. The summed E-state index contributed by atoms with van der Waals surface area (Å²) in [6, 6.07) is 7.76. The van der Waals surface area contributed by atoms with Crippen LogP contribution in [0.4, 0.5) is 10.3 Å². The number of H-pyrrole nitrogens is 1. The molecule has 2 aromatic heterocycles. The fourth-order valence-corrected chi connectivity index (χ4v) is 3.80. The Hall–Kier alpha value is -3.45. The molecule has 3 aromatic rings. The summed E-state index contributed by atoms with van der Waals surface area (Å²) in [7, 11) is 1.62. The van der Waals surface area contributed by atoms with E-state index < -0.39 is 11.7 Å². The molecule has 0 aliphatic carbocycles. The predicted octanol–water partition coefficient (Wildman–Crippen LogP) is 2.25. The molecule has 0 spiro atoms. The van der Waals surface area contributed by atoms with Crippen LogP contribution in [-0.2, 0) is 19.0 Å². The van der Waals surface area contributed by atoms with Crippen LogP contribution in [0.25, 0.3) is 22.6 Å². The fraction of sp³-hybridized carbons (Fsp3) is 0.440. The summed E-state index contributed by atoms with van der Waals surface area (Å²) in [5, 5.41) is 5.96. The third-order valence-electron chi connectivity index (χ3n) is 5.87. The lowest BCUT2D eigenvalue weighted by molar-refractivity contribution is -0.231. The standard InChI is InChI=1S/C25H32FN7O4/c1-25(23(34)28-10-3-13-35-2)14-36-22(37-15-25)21-32-19(16-4-6-17(26)7-5-16)20(33-21)18-8-11-29-24(31-18)30-12-9-27/h4-8,11,22H,3,9-10,12-15,27H2,1-2H3,(H,28,34)(H,32,33)(H,29,30,31). The van der Waals surface area contributed by atoms with Crippen molar-refractivity contribution in [1.82, 2.24) is 25.3 Å². The van der Waals surface area contributed by atoms with Crippen LogP contribution in [0.5, 0.6) is 0 Å². The molecule has 0 radical (unpaired) electrons. The highest BCUT2D eigenvalue weighted by Gasteiger charge is 2.40. The number of halogens is 1. The van der Waals surface area contributed by atoms with E-state index in [-0.39, 0.29) is 24.9 Å². The molecule has 1 aromatic carbocycles. The van der Waals surface area contributed by atoms with Gasteiger partial charge in [0, 0.05) is 45.1 Å². The zero-order valence-electron chi connectivity index (χ0n) is 20.9. The molecule has 3 heterocycles. The van der Waals surface area contributed by atoms with Gasteiger partial charge in [-0.15, -0.1) is 0 Å². The molecule has 12 heteroatoms. The highest BCUT2D eigenvalue weighted by molar-refractivity contribution is 5.82. The number of nitrogens with zero attached hydrogens (tertiary/aromatic N) is 3. The third kappa shape index (κ3) is 6.46. The zero-order valence-corrected chi connectivity index (χ0v) is 20.9. The number of amides is 1. The van der Waals surface area contributed by atoms with Crippen LogP contribution in [0.15, 0.2) is 36.5 Å². The van der Waals surface area contributed by atoms with E-state index in [9.17, 15) is 9.18 Å². The summed E-state index contributed by atoms with van der Waals surface area (Å²) in [6.45, 7) is 4.12. The van der Waals surface area contributed by atoms with Crippen LogP contribution < -0.4 is 16.4 Å². The summed E-state index contributed by atoms with van der Waals surface area (Å²) >= 11 is 0. The topological polar surface area (TPSA) is 149 Å². The molecular weight excluding hydrogens is 481 g/mol. The maximum absolute atomic E-state index is 13.6. The number of nitrogens with one attached hydrogen (secondary N) is 3. The summed E-state index contributed by atoms with van der Waals surface area (Å²) in [5.74, 6) is 0.330. The Morgan fingerprint density at radius 1 is 1.22 bits per heavy atom. The van der Waals surface area contributed by atoms with Crippen LogP contribution in [-0.4, -0.2) is 72.4 Å². The van der Waals surface area contributed by atoms with Crippen LogP contribution in [0, 0.1) is 11.2 Å². The van der Waals surface area contributed by atoms with E-state index in [4.69, 9.17) is 24.9 Å². The smallest absolute Gasteiger partial charge is 0.230 e. The van der Waals surface area contributed by atoms with Crippen molar-refractivity contribution >= 4 is 11.9 Å².